The van der Waals surface area contributed by atoms with Crippen molar-refractivity contribution in [3.63, 3.8) is 0 Å². The van der Waals surface area contributed by atoms with Crippen LogP contribution in [0.2, 0.25) is 0 Å². The smallest absolute Gasteiger partial charge is 0.257 e. The Balaban J connectivity index is 1.79. The number of rotatable bonds is 6. The van der Waals surface area contributed by atoms with Crippen molar-refractivity contribution >= 4 is 10.0 Å². The molecule has 0 fully saturated rings. The summed E-state index contributed by atoms with van der Waals surface area (Å²) in [6, 6.07) is 10.1. The van der Waals surface area contributed by atoms with Crippen molar-refractivity contribution < 1.29 is 17.2 Å². The number of nitrogens with zero attached hydrogens (tertiary/aromatic N) is 2. The number of hydrogen-bond donors (Lipinski definition) is 1. The number of halogens is 2. The minimum Gasteiger partial charge on any atom is -0.297 e. The molecule has 1 aliphatic carbocycles. The van der Waals surface area contributed by atoms with Gasteiger partial charge in [0.15, 0.2) is 0 Å². The van der Waals surface area contributed by atoms with Gasteiger partial charge in [-0.2, -0.15) is 0 Å². The molecule has 0 unspecified atom stereocenters. The molecule has 0 aliphatic heterocycles. The van der Waals surface area contributed by atoms with Crippen LogP contribution in [-0.2, 0) is 29.4 Å². The highest BCUT2D eigenvalue weighted by atomic mass is 32.2. The van der Waals surface area contributed by atoms with Gasteiger partial charge in [-0.15, -0.1) is 0 Å². The van der Waals surface area contributed by atoms with E-state index >= 15 is 0 Å². The molecule has 0 bridgehead atoms. The van der Waals surface area contributed by atoms with E-state index in [0.717, 1.165) is 17.9 Å². The first-order chi connectivity index (χ1) is 16.1. The first kappa shape index (κ1) is 24.2. The van der Waals surface area contributed by atoms with Crippen LogP contribution in [0.4, 0.5) is 8.78 Å². The van der Waals surface area contributed by atoms with E-state index < -0.39 is 33.6 Å². The Bertz CT molecular complexity index is 1380. The summed E-state index contributed by atoms with van der Waals surface area (Å²) in [5.74, 6) is -1.13. The Labute approximate surface area is 197 Å². The molecule has 0 saturated heterocycles. The normalized spacial score (nSPS) is 18.0. The molecule has 3 aromatic rings. The third-order valence-electron chi connectivity index (χ3n) is 6.28. The molecule has 1 heterocycles. The zero-order chi connectivity index (χ0) is 24.6. The molecule has 34 heavy (non-hydrogen) atoms. The zero-order valence-electron chi connectivity index (χ0n) is 19.3. The molecule has 0 saturated carbocycles. The second-order valence-corrected chi connectivity index (χ2v) is 10.6. The third-order valence-corrected chi connectivity index (χ3v) is 7.01. The minimum absolute atomic E-state index is 0.154. The van der Waals surface area contributed by atoms with Gasteiger partial charge in [0.1, 0.15) is 17.5 Å². The highest BCUT2D eigenvalue weighted by Gasteiger charge is 2.35. The van der Waals surface area contributed by atoms with Crippen molar-refractivity contribution in [3.8, 4) is 11.1 Å². The largest absolute Gasteiger partial charge is 0.297 e. The number of fused-ring (bicyclic) bond motifs is 1. The fraction of sp³-hybridized carbons (Fsp3) is 0.360. The van der Waals surface area contributed by atoms with Crippen LogP contribution in [0.5, 0.6) is 0 Å². The second-order valence-electron chi connectivity index (χ2n) is 8.77. The summed E-state index contributed by atoms with van der Waals surface area (Å²) in [4.78, 5) is 18.1. The van der Waals surface area contributed by atoms with Gasteiger partial charge in [-0.1, -0.05) is 24.3 Å². The highest BCUT2D eigenvalue weighted by Crippen LogP contribution is 2.33. The van der Waals surface area contributed by atoms with Gasteiger partial charge in [-0.3, -0.25) is 9.36 Å². The second kappa shape index (κ2) is 9.38. The quantitative estimate of drug-likeness (QED) is 0.575. The van der Waals surface area contributed by atoms with Crippen molar-refractivity contribution in [2.75, 3.05) is 6.26 Å². The van der Waals surface area contributed by atoms with Crippen LogP contribution in [0.15, 0.2) is 47.3 Å². The van der Waals surface area contributed by atoms with Crippen LogP contribution in [-0.4, -0.2) is 30.3 Å². The summed E-state index contributed by atoms with van der Waals surface area (Å²) in [6.45, 7) is 4.12. The summed E-state index contributed by atoms with van der Waals surface area (Å²) in [7, 11) is -3.51. The first-order valence-electron chi connectivity index (χ1n) is 11.2. The lowest BCUT2D eigenvalue weighted by Gasteiger charge is -2.33. The molecule has 0 amide bonds. The van der Waals surface area contributed by atoms with Gasteiger partial charge in [0.25, 0.3) is 5.56 Å². The minimum atomic E-state index is -3.51. The van der Waals surface area contributed by atoms with Crippen LogP contribution in [0, 0.1) is 18.6 Å². The van der Waals surface area contributed by atoms with Crippen molar-refractivity contribution in [2.24, 2.45) is 0 Å². The number of benzene rings is 2. The Morgan fingerprint density at radius 3 is 2.47 bits per heavy atom. The van der Waals surface area contributed by atoms with Crippen molar-refractivity contribution in [1.29, 1.82) is 0 Å². The highest BCUT2D eigenvalue weighted by molar-refractivity contribution is 7.88. The predicted octanol–water partition coefficient (Wildman–Crippen LogP) is 3.71. The molecule has 0 spiro atoms. The van der Waals surface area contributed by atoms with E-state index in [-0.39, 0.29) is 5.56 Å². The molecule has 1 aromatic heterocycles. The maximum atomic E-state index is 13.8. The van der Waals surface area contributed by atoms with Gasteiger partial charge in [0.05, 0.1) is 11.9 Å². The summed E-state index contributed by atoms with van der Waals surface area (Å²) in [6.07, 6.45) is 2.50. The number of sulfonamides is 1. The van der Waals surface area contributed by atoms with Crippen LogP contribution in [0.3, 0.4) is 0 Å². The Morgan fingerprint density at radius 1 is 1.12 bits per heavy atom. The Hall–Kier alpha value is -2.91. The van der Waals surface area contributed by atoms with E-state index in [0.29, 0.717) is 54.0 Å². The Kier molecular flexibility index (Phi) is 6.69. The number of nitrogens with one attached hydrogen (secondary N) is 1. The average molecular weight is 488 g/mol. The van der Waals surface area contributed by atoms with Crippen LogP contribution >= 0.6 is 0 Å². The zero-order valence-corrected chi connectivity index (χ0v) is 20.1. The fourth-order valence-corrected chi connectivity index (χ4v) is 5.71. The third kappa shape index (κ3) is 5.10. The van der Waals surface area contributed by atoms with E-state index in [4.69, 9.17) is 0 Å². The maximum Gasteiger partial charge on any atom is 0.257 e. The maximum absolute atomic E-state index is 13.8. The first-order valence-corrected chi connectivity index (χ1v) is 13.1. The van der Waals surface area contributed by atoms with Gasteiger partial charge in [0, 0.05) is 30.1 Å². The van der Waals surface area contributed by atoms with Crippen LogP contribution in [0.25, 0.3) is 11.1 Å². The topological polar surface area (TPSA) is 81.1 Å². The van der Waals surface area contributed by atoms with E-state index in [1.54, 1.807) is 23.6 Å². The van der Waals surface area contributed by atoms with Crippen molar-refractivity contribution in [3.05, 3.63) is 87.1 Å². The molecule has 9 heteroatoms. The van der Waals surface area contributed by atoms with Gasteiger partial charge in [-0.05, 0) is 61.9 Å². The molecule has 0 radical (unpaired) electrons. The van der Waals surface area contributed by atoms with Crippen LogP contribution < -0.4 is 10.3 Å². The lowest BCUT2D eigenvalue weighted by atomic mass is 9.78. The molecule has 180 valence electrons. The summed E-state index contributed by atoms with van der Waals surface area (Å²) >= 11 is 0. The van der Waals surface area contributed by atoms with Crippen LogP contribution in [0.1, 0.15) is 41.9 Å². The number of aromatic nitrogens is 2. The number of aryl methyl sites for hydroxylation is 2. The predicted molar refractivity (Wildman–Crippen MR) is 127 cm³/mol. The van der Waals surface area contributed by atoms with Crippen molar-refractivity contribution in [2.45, 2.75) is 51.6 Å². The lowest BCUT2D eigenvalue weighted by molar-refractivity contribution is 0.415. The molecule has 1 aliphatic rings. The monoisotopic (exact) mass is 487 g/mol. The lowest BCUT2D eigenvalue weighted by Crippen LogP contribution is -2.46. The summed E-state index contributed by atoms with van der Waals surface area (Å²) in [5.41, 5.74) is 2.93. The summed E-state index contributed by atoms with van der Waals surface area (Å²) < 4.78 is 56.0. The number of hydrogen-bond acceptors (Lipinski definition) is 4. The van der Waals surface area contributed by atoms with E-state index in [1.807, 2.05) is 19.1 Å². The van der Waals surface area contributed by atoms with Gasteiger partial charge >= 0.3 is 0 Å². The molecule has 6 nitrogen and oxygen atoms in total. The SMILES string of the molecule is CCn1c(C)nc2c(c1=O)[C@@H](Cc1cccc(-c3cc(F)cc(F)c3)c1)[C@@H](NS(C)(=O)=O)CC2. The molecular formula is C25H27F2N3O3S. The molecule has 1 N–H and O–H groups in total. The van der Waals surface area contributed by atoms with Gasteiger partial charge in [0.2, 0.25) is 10.0 Å². The standard InChI is InChI=1S/C25H27F2N3O3S/c1-4-30-15(2)28-23-9-8-22(29-34(3,32)33)21(24(23)25(30)31)11-16-6-5-7-17(10-16)18-12-19(26)14-20(27)13-18/h5-7,10,12-14,21-22,29H,4,8-9,11H2,1-3H3/t21-,22-/m0/s1. The molecule has 2 aromatic carbocycles. The molecular weight excluding hydrogens is 460 g/mol. The average Bonchev–Trinajstić information content (AvgIpc) is 2.74. The van der Waals surface area contributed by atoms with E-state index in [1.165, 1.54) is 12.1 Å². The van der Waals surface area contributed by atoms with E-state index in [2.05, 4.69) is 9.71 Å². The Morgan fingerprint density at radius 2 is 1.82 bits per heavy atom. The van der Waals surface area contributed by atoms with Crippen molar-refractivity contribution in [1.82, 2.24) is 14.3 Å². The fourth-order valence-electron chi connectivity index (χ4n) is 4.87. The van der Waals surface area contributed by atoms with Gasteiger partial charge in [-0.25, -0.2) is 26.9 Å². The van der Waals surface area contributed by atoms with E-state index in [9.17, 15) is 22.0 Å². The van der Waals surface area contributed by atoms with Gasteiger partial charge < -0.3 is 0 Å². The molecule has 2 atom stereocenters. The molecule has 4 rings (SSSR count). The summed E-state index contributed by atoms with van der Waals surface area (Å²) in [5, 5.41) is 0.